The number of hydrogen-bond acceptors (Lipinski definition) is 2. The fourth-order valence-electron chi connectivity index (χ4n) is 2.66. The highest BCUT2D eigenvalue weighted by Crippen LogP contribution is 2.27. The lowest BCUT2D eigenvalue weighted by molar-refractivity contribution is 0.271. The molecule has 1 aliphatic carbocycles. The second-order valence-electron chi connectivity index (χ2n) is 5.13. The normalized spacial score (nSPS) is 16.9. The van der Waals surface area contributed by atoms with E-state index in [0.29, 0.717) is 5.75 Å². The Bertz CT molecular complexity index is 374. The van der Waals surface area contributed by atoms with E-state index in [-0.39, 0.29) is 0 Å². The van der Waals surface area contributed by atoms with E-state index in [2.05, 4.69) is 27.9 Å². The van der Waals surface area contributed by atoms with Gasteiger partial charge in [0.15, 0.2) is 0 Å². The molecule has 1 aliphatic rings. The molecule has 0 heterocycles. The zero-order chi connectivity index (χ0) is 12.3. The molecule has 2 rings (SSSR count). The fourth-order valence-corrected chi connectivity index (χ4v) is 3.08. The third-order valence-corrected chi connectivity index (χ3v) is 4.14. The highest BCUT2D eigenvalue weighted by molar-refractivity contribution is 9.10. The Morgan fingerprint density at radius 3 is 2.71 bits per heavy atom. The summed E-state index contributed by atoms with van der Waals surface area (Å²) < 4.78 is 0.782. The van der Waals surface area contributed by atoms with Gasteiger partial charge in [-0.2, -0.15) is 0 Å². The zero-order valence-corrected chi connectivity index (χ0v) is 11.9. The first-order chi connectivity index (χ1) is 8.15. The van der Waals surface area contributed by atoms with E-state index in [1.807, 2.05) is 12.1 Å². The van der Waals surface area contributed by atoms with Crippen molar-refractivity contribution in [3.05, 3.63) is 28.2 Å². The molecule has 0 bridgehead atoms. The summed E-state index contributed by atoms with van der Waals surface area (Å²) >= 11 is 3.36. The lowest BCUT2D eigenvalue weighted by atomic mass is 10.1. The van der Waals surface area contributed by atoms with Crippen molar-refractivity contribution >= 4 is 15.9 Å². The first-order valence-electron chi connectivity index (χ1n) is 6.31. The van der Waals surface area contributed by atoms with Gasteiger partial charge < -0.3 is 10.0 Å². The molecule has 0 spiro atoms. The van der Waals surface area contributed by atoms with E-state index in [1.54, 1.807) is 6.07 Å². The maximum Gasteiger partial charge on any atom is 0.129 e. The van der Waals surface area contributed by atoms with Gasteiger partial charge in [-0.1, -0.05) is 18.9 Å². The molecule has 0 amide bonds. The summed E-state index contributed by atoms with van der Waals surface area (Å²) in [6.07, 6.45) is 5.60. The van der Waals surface area contributed by atoms with Gasteiger partial charge in [-0.3, -0.25) is 0 Å². The van der Waals surface area contributed by atoms with Gasteiger partial charge in [0, 0.05) is 13.1 Å². The van der Waals surface area contributed by atoms with Crippen LogP contribution in [0.25, 0.3) is 0 Å². The molecule has 1 saturated carbocycles. The summed E-state index contributed by atoms with van der Waals surface area (Å²) in [6, 6.07) is 5.74. The van der Waals surface area contributed by atoms with Gasteiger partial charge in [0.1, 0.15) is 5.75 Å². The van der Waals surface area contributed by atoms with Crippen molar-refractivity contribution in [1.82, 2.24) is 4.90 Å². The third kappa shape index (κ3) is 3.71. The van der Waals surface area contributed by atoms with Crippen LogP contribution < -0.4 is 0 Å². The van der Waals surface area contributed by atoms with Gasteiger partial charge in [-0.05, 0) is 59.4 Å². The van der Waals surface area contributed by atoms with Crippen LogP contribution in [0.5, 0.6) is 5.75 Å². The van der Waals surface area contributed by atoms with Gasteiger partial charge >= 0.3 is 0 Å². The average Bonchev–Trinajstić information content (AvgIpc) is 2.76. The van der Waals surface area contributed by atoms with Crippen LogP contribution in [-0.4, -0.2) is 23.6 Å². The first kappa shape index (κ1) is 12.9. The van der Waals surface area contributed by atoms with Gasteiger partial charge in [0.05, 0.1) is 4.47 Å². The van der Waals surface area contributed by atoms with Crippen LogP contribution in [-0.2, 0) is 6.54 Å². The predicted octanol–water partition coefficient (Wildman–Crippen LogP) is 3.78. The number of hydrogen-bond donors (Lipinski definition) is 1. The average molecular weight is 298 g/mol. The molecule has 1 fully saturated rings. The molecule has 0 aromatic heterocycles. The molecule has 0 saturated heterocycles. The summed E-state index contributed by atoms with van der Waals surface area (Å²) in [6.45, 7) is 2.15. The van der Waals surface area contributed by atoms with Crippen molar-refractivity contribution in [2.45, 2.75) is 32.2 Å². The molecule has 0 radical (unpaired) electrons. The number of halogens is 1. The van der Waals surface area contributed by atoms with Crippen LogP contribution in [0.2, 0.25) is 0 Å². The monoisotopic (exact) mass is 297 g/mol. The van der Waals surface area contributed by atoms with Crippen LogP contribution in [0.1, 0.15) is 31.2 Å². The van der Waals surface area contributed by atoms with Crippen LogP contribution in [0, 0.1) is 5.92 Å². The van der Waals surface area contributed by atoms with Crippen molar-refractivity contribution in [2.24, 2.45) is 5.92 Å². The van der Waals surface area contributed by atoms with Crippen molar-refractivity contribution in [2.75, 3.05) is 13.6 Å². The summed E-state index contributed by atoms with van der Waals surface area (Å²) in [4.78, 5) is 2.38. The SMILES string of the molecule is CN(Cc1ccc(O)c(Br)c1)CC1CCCC1. The molecule has 1 aromatic rings. The van der Waals surface area contributed by atoms with E-state index >= 15 is 0 Å². The summed E-state index contributed by atoms with van der Waals surface area (Å²) in [7, 11) is 2.18. The molecule has 1 aromatic carbocycles. The second-order valence-corrected chi connectivity index (χ2v) is 5.99. The van der Waals surface area contributed by atoms with E-state index in [0.717, 1.165) is 16.9 Å². The maximum atomic E-state index is 9.45. The Morgan fingerprint density at radius 2 is 2.06 bits per heavy atom. The molecule has 3 heteroatoms. The molecular weight excluding hydrogens is 278 g/mol. The minimum atomic E-state index is 0.312. The van der Waals surface area contributed by atoms with Gasteiger partial charge in [-0.15, -0.1) is 0 Å². The van der Waals surface area contributed by atoms with Crippen LogP contribution in [0.4, 0.5) is 0 Å². The van der Waals surface area contributed by atoms with Crippen molar-refractivity contribution < 1.29 is 5.11 Å². The molecular formula is C14H20BrNO. The lowest BCUT2D eigenvalue weighted by Crippen LogP contribution is -2.24. The number of benzene rings is 1. The minimum Gasteiger partial charge on any atom is -0.507 e. The molecule has 94 valence electrons. The number of rotatable bonds is 4. The highest BCUT2D eigenvalue weighted by Gasteiger charge is 2.16. The van der Waals surface area contributed by atoms with Crippen LogP contribution in [0.3, 0.4) is 0 Å². The lowest BCUT2D eigenvalue weighted by Gasteiger charge is -2.20. The third-order valence-electron chi connectivity index (χ3n) is 3.51. The topological polar surface area (TPSA) is 23.5 Å². The molecule has 0 aliphatic heterocycles. The Hall–Kier alpha value is -0.540. The number of aromatic hydroxyl groups is 1. The number of phenolic OH excluding ortho intramolecular Hbond substituents is 1. The molecule has 0 atom stereocenters. The van der Waals surface area contributed by atoms with E-state index in [9.17, 15) is 5.11 Å². The molecule has 17 heavy (non-hydrogen) atoms. The number of phenols is 1. The van der Waals surface area contributed by atoms with E-state index < -0.39 is 0 Å². The van der Waals surface area contributed by atoms with Crippen molar-refractivity contribution in [1.29, 1.82) is 0 Å². The zero-order valence-electron chi connectivity index (χ0n) is 10.3. The Labute approximate surface area is 112 Å². The van der Waals surface area contributed by atoms with Gasteiger partial charge in [-0.25, -0.2) is 0 Å². The Balaban J connectivity index is 1.88. The maximum absolute atomic E-state index is 9.45. The van der Waals surface area contributed by atoms with Crippen LogP contribution >= 0.6 is 15.9 Å². The number of nitrogens with zero attached hydrogens (tertiary/aromatic N) is 1. The molecule has 1 N–H and O–H groups in total. The summed E-state index contributed by atoms with van der Waals surface area (Å²) in [5, 5.41) is 9.45. The second kappa shape index (κ2) is 5.87. The van der Waals surface area contributed by atoms with Crippen molar-refractivity contribution in [3.63, 3.8) is 0 Å². The standard InChI is InChI=1S/C14H20BrNO/c1-16(9-11-4-2-3-5-11)10-12-6-7-14(17)13(15)8-12/h6-8,11,17H,2-5,9-10H2,1H3. The van der Waals surface area contributed by atoms with Crippen molar-refractivity contribution in [3.8, 4) is 5.75 Å². The minimum absolute atomic E-state index is 0.312. The fraction of sp³-hybridized carbons (Fsp3) is 0.571. The van der Waals surface area contributed by atoms with Gasteiger partial charge in [0.2, 0.25) is 0 Å². The summed E-state index contributed by atoms with van der Waals surface area (Å²) in [5.41, 5.74) is 1.25. The largest absolute Gasteiger partial charge is 0.507 e. The Morgan fingerprint density at radius 1 is 1.35 bits per heavy atom. The predicted molar refractivity (Wildman–Crippen MR) is 74.1 cm³/mol. The van der Waals surface area contributed by atoms with Gasteiger partial charge in [0.25, 0.3) is 0 Å². The first-order valence-corrected chi connectivity index (χ1v) is 7.10. The van der Waals surface area contributed by atoms with Crippen LogP contribution in [0.15, 0.2) is 22.7 Å². The smallest absolute Gasteiger partial charge is 0.129 e. The Kier molecular flexibility index (Phi) is 4.46. The van der Waals surface area contributed by atoms with E-state index in [1.165, 1.54) is 37.8 Å². The molecule has 0 unspecified atom stereocenters. The molecule has 2 nitrogen and oxygen atoms in total. The summed E-state index contributed by atoms with van der Waals surface area (Å²) in [5.74, 6) is 1.20. The quantitative estimate of drug-likeness (QED) is 0.914. The van der Waals surface area contributed by atoms with E-state index in [4.69, 9.17) is 0 Å². The highest BCUT2D eigenvalue weighted by atomic mass is 79.9.